The highest BCUT2D eigenvalue weighted by Crippen LogP contribution is 2.40. The lowest BCUT2D eigenvalue weighted by atomic mass is 9.85. The first-order valence-corrected chi connectivity index (χ1v) is 8.40. The first-order chi connectivity index (χ1) is 9.57. The van der Waals surface area contributed by atoms with Gasteiger partial charge in [0.1, 0.15) is 5.82 Å². The minimum absolute atomic E-state index is 0.157. The molecule has 0 spiro atoms. The summed E-state index contributed by atoms with van der Waals surface area (Å²) in [5, 5.41) is 3.52. The Bertz CT molecular complexity index is 460. The molecule has 0 amide bonds. The molecule has 20 heavy (non-hydrogen) atoms. The number of halogens is 1. The van der Waals surface area contributed by atoms with E-state index >= 15 is 0 Å². The van der Waals surface area contributed by atoms with Crippen LogP contribution in [0.25, 0.3) is 0 Å². The van der Waals surface area contributed by atoms with Crippen molar-refractivity contribution >= 4 is 11.8 Å². The van der Waals surface area contributed by atoms with Crippen LogP contribution in [-0.2, 0) is 0 Å². The predicted molar refractivity (Wildman–Crippen MR) is 82.6 cm³/mol. The Labute approximate surface area is 125 Å². The lowest BCUT2D eigenvalue weighted by molar-refractivity contribution is 0.149. The van der Waals surface area contributed by atoms with Gasteiger partial charge in [-0.05, 0) is 56.5 Å². The first-order valence-electron chi connectivity index (χ1n) is 7.41. The molecule has 2 fully saturated rings. The van der Waals surface area contributed by atoms with Crippen molar-refractivity contribution in [2.45, 2.75) is 24.3 Å². The molecule has 0 saturated carbocycles. The molecule has 0 aromatic heterocycles. The summed E-state index contributed by atoms with van der Waals surface area (Å²) in [5.41, 5.74) is 0.303. The summed E-state index contributed by atoms with van der Waals surface area (Å²) in [7, 11) is 0. The Morgan fingerprint density at radius 3 is 2.75 bits per heavy atom. The number of fused-ring (bicyclic) bond motifs is 1. The molecule has 2 aliphatic rings. The number of hydrogen-bond acceptors (Lipinski definition) is 3. The van der Waals surface area contributed by atoms with Crippen LogP contribution in [0.1, 0.15) is 13.8 Å². The Morgan fingerprint density at radius 2 is 2.05 bits per heavy atom. The van der Waals surface area contributed by atoms with Crippen LogP contribution in [0, 0.1) is 17.7 Å². The highest BCUT2D eigenvalue weighted by molar-refractivity contribution is 7.99. The molecule has 2 heterocycles. The van der Waals surface area contributed by atoms with Crippen molar-refractivity contribution in [2.24, 2.45) is 11.8 Å². The van der Waals surface area contributed by atoms with E-state index in [1.165, 1.54) is 31.8 Å². The van der Waals surface area contributed by atoms with Gasteiger partial charge in [-0.2, -0.15) is 0 Å². The van der Waals surface area contributed by atoms with E-state index in [0.29, 0.717) is 5.54 Å². The summed E-state index contributed by atoms with van der Waals surface area (Å²) in [5.74, 6) is 2.52. The standard InChI is InChI=1S/C16H23FN2S/c1-16(2)15-10-18-9-12(15)11-19(16)7-8-20-14-5-3-13(17)4-6-14/h3-6,12,15,18H,7-11H2,1-2H3. The number of hydrogen-bond donors (Lipinski definition) is 1. The molecule has 0 bridgehead atoms. The molecule has 110 valence electrons. The van der Waals surface area contributed by atoms with E-state index in [2.05, 4.69) is 24.1 Å². The van der Waals surface area contributed by atoms with Crippen molar-refractivity contribution in [3.8, 4) is 0 Å². The maximum Gasteiger partial charge on any atom is 0.123 e. The largest absolute Gasteiger partial charge is 0.316 e. The monoisotopic (exact) mass is 294 g/mol. The maximum absolute atomic E-state index is 12.9. The lowest BCUT2D eigenvalue weighted by Gasteiger charge is -2.35. The molecule has 1 N–H and O–H groups in total. The summed E-state index contributed by atoms with van der Waals surface area (Å²) < 4.78 is 12.9. The average molecular weight is 294 g/mol. The average Bonchev–Trinajstić information content (AvgIpc) is 2.96. The van der Waals surface area contributed by atoms with Crippen LogP contribution in [0.3, 0.4) is 0 Å². The van der Waals surface area contributed by atoms with E-state index in [9.17, 15) is 4.39 Å². The number of thioether (sulfide) groups is 1. The molecule has 1 aromatic rings. The van der Waals surface area contributed by atoms with E-state index in [-0.39, 0.29) is 5.82 Å². The summed E-state index contributed by atoms with van der Waals surface area (Å²) in [6.07, 6.45) is 0. The zero-order chi connectivity index (χ0) is 14.2. The number of benzene rings is 1. The van der Waals surface area contributed by atoms with Gasteiger partial charge in [0, 0.05) is 35.8 Å². The van der Waals surface area contributed by atoms with Crippen LogP contribution in [0.2, 0.25) is 0 Å². The quantitative estimate of drug-likeness (QED) is 0.860. The molecule has 1 aromatic carbocycles. The second-order valence-corrected chi connectivity index (χ2v) is 7.60. The summed E-state index contributed by atoms with van der Waals surface area (Å²) in [4.78, 5) is 3.80. The van der Waals surface area contributed by atoms with E-state index < -0.39 is 0 Å². The van der Waals surface area contributed by atoms with Crippen LogP contribution in [0.5, 0.6) is 0 Å². The SMILES string of the molecule is CC1(C)C2CNCC2CN1CCSc1ccc(F)cc1. The molecule has 2 saturated heterocycles. The molecular weight excluding hydrogens is 271 g/mol. The van der Waals surface area contributed by atoms with Gasteiger partial charge in [-0.15, -0.1) is 11.8 Å². The zero-order valence-corrected chi connectivity index (χ0v) is 13.0. The van der Waals surface area contributed by atoms with Gasteiger partial charge in [0.2, 0.25) is 0 Å². The Hall–Kier alpha value is -0.580. The molecule has 0 radical (unpaired) electrons. The highest BCUT2D eigenvalue weighted by atomic mass is 32.2. The third-order valence-corrected chi connectivity index (χ3v) is 5.95. The van der Waals surface area contributed by atoms with Crippen molar-refractivity contribution < 1.29 is 4.39 Å². The van der Waals surface area contributed by atoms with E-state index in [1.54, 1.807) is 0 Å². The van der Waals surface area contributed by atoms with Gasteiger partial charge in [0.05, 0.1) is 0 Å². The van der Waals surface area contributed by atoms with Gasteiger partial charge in [0.15, 0.2) is 0 Å². The number of nitrogens with one attached hydrogen (secondary N) is 1. The van der Waals surface area contributed by atoms with Crippen LogP contribution < -0.4 is 5.32 Å². The maximum atomic E-state index is 12.9. The fourth-order valence-electron chi connectivity index (χ4n) is 3.69. The van der Waals surface area contributed by atoms with Gasteiger partial charge in [-0.3, -0.25) is 4.90 Å². The topological polar surface area (TPSA) is 15.3 Å². The molecule has 4 heteroatoms. The molecule has 2 nitrogen and oxygen atoms in total. The number of rotatable bonds is 4. The van der Waals surface area contributed by atoms with E-state index in [1.807, 2.05) is 23.9 Å². The summed E-state index contributed by atoms with van der Waals surface area (Å²) in [6, 6.07) is 6.82. The van der Waals surface area contributed by atoms with Gasteiger partial charge < -0.3 is 5.32 Å². The van der Waals surface area contributed by atoms with Crippen molar-refractivity contribution in [2.75, 3.05) is 31.9 Å². The van der Waals surface area contributed by atoms with Crippen LogP contribution in [0.15, 0.2) is 29.2 Å². The highest BCUT2D eigenvalue weighted by Gasteiger charge is 2.48. The Balaban J connectivity index is 1.53. The van der Waals surface area contributed by atoms with Crippen molar-refractivity contribution in [1.29, 1.82) is 0 Å². The van der Waals surface area contributed by atoms with Crippen LogP contribution in [-0.4, -0.2) is 42.4 Å². The van der Waals surface area contributed by atoms with Crippen LogP contribution >= 0.6 is 11.8 Å². The minimum atomic E-state index is -0.157. The third kappa shape index (κ3) is 2.74. The van der Waals surface area contributed by atoms with Crippen molar-refractivity contribution in [1.82, 2.24) is 10.2 Å². The van der Waals surface area contributed by atoms with Gasteiger partial charge in [0.25, 0.3) is 0 Å². The van der Waals surface area contributed by atoms with E-state index in [0.717, 1.165) is 29.0 Å². The third-order valence-electron chi connectivity index (χ3n) is 4.96. The zero-order valence-electron chi connectivity index (χ0n) is 12.2. The summed E-state index contributed by atoms with van der Waals surface area (Å²) >= 11 is 1.82. The smallest absolute Gasteiger partial charge is 0.123 e. The van der Waals surface area contributed by atoms with Crippen LogP contribution in [0.4, 0.5) is 4.39 Å². The van der Waals surface area contributed by atoms with Gasteiger partial charge >= 0.3 is 0 Å². The Morgan fingerprint density at radius 1 is 1.30 bits per heavy atom. The summed E-state index contributed by atoms with van der Waals surface area (Å²) in [6.45, 7) is 9.44. The minimum Gasteiger partial charge on any atom is -0.316 e. The number of likely N-dealkylation sites (tertiary alicyclic amines) is 1. The van der Waals surface area contributed by atoms with Crippen molar-refractivity contribution in [3.63, 3.8) is 0 Å². The Kier molecular flexibility index (Phi) is 4.07. The molecule has 3 rings (SSSR count). The fourth-order valence-corrected chi connectivity index (χ4v) is 4.56. The fraction of sp³-hybridized carbons (Fsp3) is 0.625. The molecule has 2 aliphatic heterocycles. The predicted octanol–water partition coefficient (Wildman–Crippen LogP) is 2.85. The van der Waals surface area contributed by atoms with Gasteiger partial charge in [-0.25, -0.2) is 4.39 Å². The first kappa shape index (κ1) is 14.4. The van der Waals surface area contributed by atoms with Crippen molar-refractivity contribution in [3.05, 3.63) is 30.1 Å². The lowest BCUT2D eigenvalue weighted by Crippen LogP contribution is -2.45. The molecule has 2 atom stereocenters. The second kappa shape index (κ2) is 5.66. The van der Waals surface area contributed by atoms with Gasteiger partial charge in [-0.1, -0.05) is 0 Å². The van der Waals surface area contributed by atoms with E-state index in [4.69, 9.17) is 0 Å². The normalized spacial score (nSPS) is 28.8. The second-order valence-electron chi connectivity index (χ2n) is 6.43. The molecular formula is C16H23FN2S. The number of nitrogens with zero attached hydrogens (tertiary/aromatic N) is 1. The molecule has 0 aliphatic carbocycles. The molecule has 2 unspecified atom stereocenters.